The summed E-state index contributed by atoms with van der Waals surface area (Å²) in [5, 5.41) is 8.85. The van der Waals surface area contributed by atoms with Crippen molar-refractivity contribution in [3.05, 3.63) is 0 Å². The van der Waals surface area contributed by atoms with Crippen LogP contribution in [0.1, 0.15) is 39.5 Å². The van der Waals surface area contributed by atoms with Gasteiger partial charge in [0, 0.05) is 12.1 Å². The number of carbonyl (C=O) groups excluding carboxylic acids is 2. The Hall–Kier alpha value is -1.10. The SMILES string of the molecule is CC1CC(C)NC(C(=O)NCC(=O)NC2CC2)C1. The minimum absolute atomic E-state index is 0.0562. The van der Waals surface area contributed by atoms with Gasteiger partial charge in [0.15, 0.2) is 0 Å². The summed E-state index contributed by atoms with van der Waals surface area (Å²) >= 11 is 0. The van der Waals surface area contributed by atoms with Crippen LogP contribution in [0, 0.1) is 5.92 Å². The summed E-state index contributed by atoms with van der Waals surface area (Å²) in [6, 6.07) is 0.560. The summed E-state index contributed by atoms with van der Waals surface area (Å²) in [5.41, 5.74) is 0. The molecular weight excluding hydrogens is 230 g/mol. The number of carbonyl (C=O) groups is 2. The smallest absolute Gasteiger partial charge is 0.239 e. The van der Waals surface area contributed by atoms with Gasteiger partial charge in [0.1, 0.15) is 0 Å². The summed E-state index contributed by atoms with van der Waals surface area (Å²) < 4.78 is 0. The van der Waals surface area contributed by atoms with Gasteiger partial charge in [-0.05, 0) is 38.5 Å². The van der Waals surface area contributed by atoms with E-state index in [0.717, 1.165) is 25.7 Å². The first-order chi connectivity index (χ1) is 8.54. The molecule has 1 saturated carbocycles. The molecule has 5 heteroatoms. The van der Waals surface area contributed by atoms with Crippen molar-refractivity contribution in [1.29, 1.82) is 0 Å². The first-order valence-electron chi connectivity index (χ1n) is 6.87. The van der Waals surface area contributed by atoms with E-state index in [0.29, 0.717) is 18.0 Å². The van der Waals surface area contributed by atoms with Crippen molar-refractivity contribution in [3.8, 4) is 0 Å². The minimum atomic E-state index is -0.155. The first-order valence-corrected chi connectivity index (χ1v) is 6.87. The second-order valence-corrected chi connectivity index (χ2v) is 5.76. The molecule has 1 heterocycles. The van der Waals surface area contributed by atoms with Crippen LogP contribution in [-0.2, 0) is 9.59 Å². The van der Waals surface area contributed by atoms with E-state index in [1.807, 2.05) is 0 Å². The lowest BCUT2D eigenvalue weighted by molar-refractivity contribution is -0.128. The summed E-state index contributed by atoms with van der Waals surface area (Å²) in [7, 11) is 0. The van der Waals surface area contributed by atoms with Crippen molar-refractivity contribution < 1.29 is 9.59 Å². The van der Waals surface area contributed by atoms with Gasteiger partial charge in [-0.15, -0.1) is 0 Å². The number of amides is 2. The molecule has 0 aromatic heterocycles. The van der Waals surface area contributed by atoms with Crippen molar-refractivity contribution in [2.75, 3.05) is 6.54 Å². The summed E-state index contributed by atoms with van der Waals surface area (Å²) in [5.74, 6) is 0.416. The number of nitrogens with one attached hydrogen (secondary N) is 3. The summed E-state index contributed by atoms with van der Waals surface area (Å²) in [4.78, 5) is 23.4. The van der Waals surface area contributed by atoms with Crippen LogP contribution >= 0.6 is 0 Å². The van der Waals surface area contributed by atoms with Gasteiger partial charge in [0.2, 0.25) is 11.8 Å². The molecule has 2 aliphatic rings. The third kappa shape index (κ3) is 3.98. The topological polar surface area (TPSA) is 70.2 Å². The fourth-order valence-corrected chi connectivity index (χ4v) is 2.56. The second kappa shape index (κ2) is 5.69. The molecule has 2 rings (SSSR count). The lowest BCUT2D eigenvalue weighted by Crippen LogP contribution is -2.53. The first kappa shape index (κ1) is 13.3. The average molecular weight is 253 g/mol. The highest BCUT2D eigenvalue weighted by atomic mass is 16.2. The third-order valence-corrected chi connectivity index (χ3v) is 3.56. The van der Waals surface area contributed by atoms with Crippen LogP contribution in [0.3, 0.4) is 0 Å². The van der Waals surface area contributed by atoms with E-state index < -0.39 is 0 Å². The van der Waals surface area contributed by atoms with Gasteiger partial charge in [-0.3, -0.25) is 9.59 Å². The zero-order valence-electron chi connectivity index (χ0n) is 11.2. The fourth-order valence-electron chi connectivity index (χ4n) is 2.56. The van der Waals surface area contributed by atoms with Crippen molar-refractivity contribution in [2.24, 2.45) is 5.92 Å². The molecule has 0 radical (unpaired) electrons. The molecule has 1 saturated heterocycles. The maximum Gasteiger partial charge on any atom is 0.239 e. The van der Waals surface area contributed by atoms with Gasteiger partial charge in [-0.1, -0.05) is 6.92 Å². The standard InChI is InChI=1S/C13H23N3O2/c1-8-5-9(2)15-11(6-8)13(18)14-7-12(17)16-10-3-4-10/h8-11,15H,3-7H2,1-2H3,(H,14,18)(H,16,17). The molecule has 18 heavy (non-hydrogen) atoms. The van der Waals surface area contributed by atoms with Gasteiger partial charge >= 0.3 is 0 Å². The molecular formula is C13H23N3O2. The van der Waals surface area contributed by atoms with Crippen LogP contribution in [0.4, 0.5) is 0 Å². The van der Waals surface area contributed by atoms with Crippen molar-refractivity contribution >= 4 is 11.8 Å². The lowest BCUT2D eigenvalue weighted by atomic mass is 9.89. The molecule has 3 atom stereocenters. The monoisotopic (exact) mass is 253 g/mol. The van der Waals surface area contributed by atoms with Crippen molar-refractivity contribution in [2.45, 2.75) is 57.7 Å². The van der Waals surface area contributed by atoms with Gasteiger partial charge < -0.3 is 16.0 Å². The molecule has 0 bridgehead atoms. The predicted octanol–water partition coefficient (Wildman–Crippen LogP) is 0.158. The van der Waals surface area contributed by atoms with E-state index in [1.165, 1.54) is 0 Å². The zero-order valence-corrected chi connectivity index (χ0v) is 11.2. The van der Waals surface area contributed by atoms with Gasteiger partial charge in [-0.25, -0.2) is 0 Å². The molecule has 2 fully saturated rings. The molecule has 0 aromatic rings. The molecule has 5 nitrogen and oxygen atoms in total. The maximum atomic E-state index is 11.9. The minimum Gasteiger partial charge on any atom is -0.352 e. The van der Waals surface area contributed by atoms with Crippen LogP contribution < -0.4 is 16.0 Å². The van der Waals surface area contributed by atoms with Gasteiger partial charge in [0.25, 0.3) is 0 Å². The third-order valence-electron chi connectivity index (χ3n) is 3.56. The van der Waals surface area contributed by atoms with E-state index in [4.69, 9.17) is 0 Å². The zero-order chi connectivity index (χ0) is 13.1. The van der Waals surface area contributed by atoms with Crippen molar-refractivity contribution in [1.82, 2.24) is 16.0 Å². The second-order valence-electron chi connectivity index (χ2n) is 5.76. The highest BCUT2D eigenvalue weighted by Gasteiger charge is 2.28. The maximum absolute atomic E-state index is 11.9. The Morgan fingerprint density at radius 1 is 1.22 bits per heavy atom. The average Bonchev–Trinajstić information content (AvgIpc) is 3.08. The molecule has 1 aliphatic carbocycles. The number of hydrogen-bond donors (Lipinski definition) is 3. The van der Waals surface area contributed by atoms with E-state index in [-0.39, 0.29) is 24.4 Å². The number of rotatable bonds is 4. The Balaban J connectivity index is 1.71. The Labute approximate surface area is 108 Å². The molecule has 2 amide bonds. The highest BCUT2D eigenvalue weighted by molar-refractivity contribution is 5.87. The number of piperidine rings is 1. The Morgan fingerprint density at radius 2 is 1.94 bits per heavy atom. The highest BCUT2D eigenvalue weighted by Crippen LogP contribution is 2.19. The van der Waals surface area contributed by atoms with E-state index in [9.17, 15) is 9.59 Å². The molecule has 3 N–H and O–H groups in total. The number of hydrogen-bond acceptors (Lipinski definition) is 3. The molecule has 102 valence electrons. The largest absolute Gasteiger partial charge is 0.352 e. The Morgan fingerprint density at radius 3 is 2.56 bits per heavy atom. The van der Waals surface area contributed by atoms with Crippen LogP contribution in [-0.4, -0.2) is 36.5 Å². The van der Waals surface area contributed by atoms with E-state index in [1.54, 1.807) is 0 Å². The predicted molar refractivity (Wildman–Crippen MR) is 69.0 cm³/mol. The Kier molecular flexibility index (Phi) is 4.22. The van der Waals surface area contributed by atoms with Crippen LogP contribution in [0.5, 0.6) is 0 Å². The summed E-state index contributed by atoms with van der Waals surface area (Å²) in [6.07, 6.45) is 4.09. The lowest BCUT2D eigenvalue weighted by Gasteiger charge is -2.32. The van der Waals surface area contributed by atoms with E-state index >= 15 is 0 Å². The van der Waals surface area contributed by atoms with Crippen LogP contribution in [0.25, 0.3) is 0 Å². The van der Waals surface area contributed by atoms with Gasteiger partial charge in [0.05, 0.1) is 12.6 Å². The molecule has 1 aliphatic heterocycles. The molecule has 0 aromatic carbocycles. The van der Waals surface area contributed by atoms with Crippen LogP contribution in [0.15, 0.2) is 0 Å². The quantitative estimate of drug-likeness (QED) is 0.668. The van der Waals surface area contributed by atoms with Gasteiger partial charge in [-0.2, -0.15) is 0 Å². The molecule has 3 unspecified atom stereocenters. The van der Waals surface area contributed by atoms with E-state index in [2.05, 4.69) is 29.8 Å². The molecule has 0 spiro atoms. The van der Waals surface area contributed by atoms with Crippen molar-refractivity contribution in [3.63, 3.8) is 0 Å². The fraction of sp³-hybridized carbons (Fsp3) is 0.846. The van der Waals surface area contributed by atoms with Crippen LogP contribution in [0.2, 0.25) is 0 Å². The normalized spacial score (nSPS) is 31.8. The Bertz CT molecular complexity index is 318. The summed E-state index contributed by atoms with van der Waals surface area (Å²) in [6.45, 7) is 4.35.